The van der Waals surface area contributed by atoms with Crippen LogP contribution in [0.3, 0.4) is 0 Å². The summed E-state index contributed by atoms with van der Waals surface area (Å²) in [6.07, 6.45) is 2.02. The van der Waals surface area contributed by atoms with Crippen LogP contribution in [0.5, 0.6) is 5.75 Å². The molecule has 0 radical (unpaired) electrons. The van der Waals surface area contributed by atoms with Gasteiger partial charge in [0.25, 0.3) is 5.91 Å². The standard InChI is InChI=1S/C19H27N3O3.ClH/c1-2-25-17-8-4-3-7-16(17)19(24)22-12-10-21(11-13-22)18(23)15-6-5-9-20-14-15;/h3-4,7-8,15,20H,2,5-6,9-14H2,1H3;1H. The third kappa shape index (κ3) is 4.68. The van der Waals surface area contributed by atoms with E-state index in [4.69, 9.17) is 4.74 Å². The summed E-state index contributed by atoms with van der Waals surface area (Å²) in [6.45, 7) is 6.59. The van der Waals surface area contributed by atoms with Crippen LogP contribution in [0, 0.1) is 5.92 Å². The summed E-state index contributed by atoms with van der Waals surface area (Å²) in [5.41, 5.74) is 0.598. The lowest BCUT2D eigenvalue weighted by molar-refractivity contribution is -0.137. The number of carbonyl (C=O) groups excluding carboxylic acids is 2. The number of halogens is 1. The van der Waals surface area contributed by atoms with Crippen LogP contribution >= 0.6 is 12.4 Å². The first-order valence-corrected chi connectivity index (χ1v) is 9.21. The lowest BCUT2D eigenvalue weighted by Crippen LogP contribution is -2.53. The Bertz CT molecular complexity index is 612. The molecule has 0 bridgehead atoms. The fourth-order valence-corrected chi connectivity index (χ4v) is 3.55. The van der Waals surface area contributed by atoms with Crippen LogP contribution in [0.1, 0.15) is 30.1 Å². The first-order chi connectivity index (χ1) is 12.2. The summed E-state index contributed by atoms with van der Waals surface area (Å²) in [6, 6.07) is 7.35. The Morgan fingerprint density at radius 2 is 1.85 bits per heavy atom. The van der Waals surface area contributed by atoms with Crippen molar-refractivity contribution in [2.24, 2.45) is 5.92 Å². The lowest BCUT2D eigenvalue weighted by atomic mass is 9.98. The quantitative estimate of drug-likeness (QED) is 0.863. The van der Waals surface area contributed by atoms with E-state index in [9.17, 15) is 9.59 Å². The number of nitrogens with one attached hydrogen (secondary N) is 1. The predicted molar refractivity (Wildman–Crippen MR) is 103 cm³/mol. The number of nitrogens with zero attached hydrogens (tertiary/aromatic N) is 2. The predicted octanol–water partition coefficient (Wildman–Crippen LogP) is 1.79. The third-order valence-corrected chi connectivity index (χ3v) is 4.94. The maximum absolute atomic E-state index is 12.8. The van der Waals surface area contributed by atoms with Gasteiger partial charge in [-0.15, -0.1) is 12.4 Å². The summed E-state index contributed by atoms with van der Waals surface area (Å²) >= 11 is 0. The van der Waals surface area contributed by atoms with Gasteiger partial charge in [0.2, 0.25) is 5.91 Å². The number of piperidine rings is 1. The van der Waals surface area contributed by atoms with Gasteiger partial charge < -0.3 is 19.9 Å². The molecule has 0 aromatic heterocycles. The average molecular weight is 382 g/mol. The molecular weight excluding hydrogens is 354 g/mol. The second kappa shape index (κ2) is 9.78. The number of ether oxygens (including phenoxy) is 1. The minimum absolute atomic E-state index is 0. The van der Waals surface area contributed by atoms with Gasteiger partial charge in [-0.2, -0.15) is 0 Å². The first-order valence-electron chi connectivity index (χ1n) is 9.21. The normalized spacial score (nSPS) is 20.3. The molecule has 0 saturated carbocycles. The number of para-hydroxylation sites is 1. The smallest absolute Gasteiger partial charge is 0.257 e. The van der Waals surface area contributed by atoms with Gasteiger partial charge in [-0.05, 0) is 38.4 Å². The molecule has 0 aliphatic carbocycles. The Morgan fingerprint density at radius 3 is 2.50 bits per heavy atom. The largest absolute Gasteiger partial charge is 0.493 e. The van der Waals surface area contributed by atoms with E-state index in [0.29, 0.717) is 44.1 Å². The minimum Gasteiger partial charge on any atom is -0.493 e. The molecule has 2 aliphatic rings. The van der Waals surface area contributed by atoms with Crippen molar-refractivity contribution in [3.05, 3.63) is 29.8 Å². The van der Waals surface area contributed by atoms with E-state index in [1.807, 2.05) is 34.9 Å². The van der Waals surface area contributed by atoms with Gasteiger partial charge in [0.15, 0.2) is 0 Å². The Morgan fingerprint density at radius 1 is 1.15 bits per heavy atom. The molecule has 2 fully saturated rings. The fraction of sp³-hybridized carbons (Fsp3) is 0.579. The van der Waals surface area contributed by atoms with E-state index in [1.54, 1.807) is 6.07 Å². The Hall–Kier alpha value is -1.79. The molecular formula is C19H28ClN3O3. The molecule has 1 atom stereocenters. The Kier molecular flexibility index (Phi) is 7.72. The summed E-state index contributed by atoms with van der Waals surface area (Å²) in [7, 11) is 0. The third-order valence-electron chi connectivity index (χ3n) is 4.94. The van der Waals surface area contributed by atoms with Crippen LogP contribution in [-0.2, 0) is 4.79 Å². The SMILES string of the molecule is CCOc1ccccc1C(=O)N1CCN(C(=O)C2CCCNC2)CC1.Cl. The number of rotatable bonds is 4. The molecule has 6 nitrogen and oxygen atoms in total. The summed E-state index contributed by atoms with van der Waals surface area (Å²) < 4.78 is 5.57. The van der Waals surface area contributed by atoms with Crippen molar-refractivity contribution in [1.29, 1.82) is 0 Å². The first kappa shape index (κ1) is 20.5. The molecule has 7 heteroatoms. The maximum Gasteiger partial charge on any atom is 0.257 e. The lowest BCUT2D eigenvalue weighted by Gasteiger charge is -2.37. The minimum atomic E-state index is -0.0181. The van der Waals surface area contributed by atoms with Crippen molar-refractivity contribution in [3.63, 3.8) is 0 Å². The van der Waals surface area contributed by atoms with Crippen molar-refractivity contribution in [1.82, 2.24) is 15.1 Å². The average Bonchev–Trinajstić information content (AvgIpc) is 2.68. The highest BCUT2D eigenvalue weighted by atomic mass is 35.5. The number of benzene rings is 1. The molecule has 1 aromatic rings. The highest BCUT2D eigenvalue weighted by Gasteiger charge is 2.30. The summed E-state index contributed by atoms with van der Waals surface area (Å²) in [5, 5.41) is 3.30. The number of hydrogen-bond acceptors (Lipinski definition) is 4. The van der Waals surface area contributed by atoms with Gasteiger partial charge >= 0.3 is 0 Å². The van der Waals surface area contributed by atoms with E-state index in [-0.39, 0.29) is 30.1 Å². The van der Waals surface area contributed by atoms with Crippen molar-refractivity contribution in [2.45, 2.75) is 19.8 Å². The highest BCUT2D eigenvalue weighted by molar-refractivity contribution is 5.97. The van der Waals surface area contributed by atoms with E-state index in [0.717, 1.165) is 25.9 Å². The number of hydrogen-bond donors (Lipinski definition) is 1. The Labute approximate surface area is 161 Å². The van der Waals surface area contributed by atoms with Gasteiger partial charge in [0.05, 0.1) is 18.1 Å². The van der Waals surface area contributed by atoms with Crippen molar-refractivity contribution < 1.29 is 14.3 Å². The van der Waals surface area contributed by atoms with Crippen molar-refractivity contribution >= 4 is 24.2 Å². The van der Waals surface area contributed by atoms with Gasteiger partial charge in [-0.1, -0.05) is 12.1 Å². The van der Waals surface area contributed by atoms with Crippen LogP contribution in [0.25, 0.3) is 0 Å². The fourth-order valence-electron chi connectivity index (χ4n) is 3.55. The molecule has 1 N–H and O–H groups in total. The summed E-state index contributed by atoms with van der Waals surface area (Å²) in [4.78, 5) is 29.1. The molecule has 144 valence electrons. The van der Waals surface area contributed by atoms with E-state index < -0.39 is 0 Å². The molecule has 1 aromatic carbocycles. The van der Waals surface area contributed by atoms with E-state index in [1.165, 1.54) is 0 Å². The zero-order valence-electron chi connectivity index (χ0n) is 15.3. The Balaban J connectivity index is 0.00000243. The molecule has 2 aliphatic heterocycles. The zero-order chi connectivity index (χ0) is 17.6. The molecule has 1 unspecified atom stereocenters. The van der Waals surface area contributed by atoms with Crippen molar-refractivity contribution in [3.8, 4) is 5.75 Å². The van der Waals surface area contributed by atoms with E-state index >= 15 is 0 Å². The molecule has 26 heavy (non-hydrogen) atoms. The summed E-state index contributed by atoms with van der Waals surface area (Å²) in [5.74, 6) is 0.931. The van der Waals surface area contributed by atoms with Gasteiger partial charge in [-0.3, -0.25) is 9.59 Å². The molecule has 3 rings (SSSR count). The number of carbonyl (C=O) groups is 2. The topological polar surface area (TPSA) is 61.9 Å². The molecule has 0 spiro atoms. The second-order valence-corrected chi connectivity index (χ2v) is 6.59. The van der Waals surface area contributed by atoms with Gasteiger partial charge in [0.1, 0.15) is 5.75 Å². The number of amides is 2. The van der Waals surface area contributed by atoms with Crippen LogP contribution in [0.4, 0.5) is 0 Å². The van der Waals surface area contributed by atoms with Crippen LogP contribution in [-0.4, -0.2) is 67.5 Å². The van der Waals surface area contributed by atoms with E-state index in [2.05, 4.69) is 5.32 Å². The highest BCUT2D eigenvalue weighted by Crippen LogP contribution is 2.21. The molecule has 2 saturated heterocycles. The molecule has 2 heterocycles. The second-order valence-electron chi connectivity index (χ2n) is 6.59. The van der Waals surface area contributed by atoms with Gasteiger partial charge in [-0.25, -0.2) is 0 Å². The maximum atomic E-state index is 12.8. The van der Waals surface area contributed by atoms with Crippen LogP contribution in [0.2, 0.25) is 0 Å². The van der Waals surface area contributed by atoms with Gasteiger partial charge in [0, 0.05) is 32.7 Å². The zero-order valence-corrected chi connectivity index (χ0v) is 16.1. The van der Waals surface area contributed by atoms with Crippen LogP contribution in [0.15, 0.2) is 24.3 Å². The number of piperazine rings is 1. The monoisotopic (exact) mass is 381 g/mol. The molecule has 2 amide bonds. The van der Waals surface area contributed by atoms with Crippen molar-refractivity contribution in [2.75, 3.05) is 45.9 Å². The van der Waals surface area contributed by atoms with Crippen LogP contribution < -0.4 is 10.1 Å².